The fraction of sp³-hybridized carbons (Fsp3) is 0.227. The van der Waals surface area contributed by atoms with E-state index in [1.165, 1.54) is 31.2 Å². The van der Waals surface area contributed by atoms with Crippen LogP contribution in [0.25, 0.3) is 0 Å². The van der Waals surface area contributed by atoms with Crippen LogP contribution in [0.5, 0.6) is 0 Å². The van der Waals surface area contributed by atoms with Crippen molar-refractivity contribution in [3.8, 4) is 0 Å². The number of rotatable bonds is 9. The number of ether oxygens (including phenoxy) is 2. The van der Waals surface area contributed by atoms with Gasteiger partial charge < -0.3 is 9.47 Å². The molecular formula is C22H20FNO7. The minimum atomic E-state index is -3.39. The molecule has 31 heavy (non-hydrogen) atoms. The van der Waals surface area contributed by atoms with Crippen molar-refractivity contribution < 1.29 is 33.2 Å². The van der Waals surface area contributed by atoms with E-state index in [0.29, 0.717) is 0 Å². The number of ketones is 1. The number of alkyl halides is 1. The first kappa shape index (κ1) is 23.4. The lowest BCUT2D eigenvalue weighted by Gasteiger charge is -2.31. The second-order valence-electron chi connectivity index (χ2n) is 6.43. The maximum absolute atomic E-state index is 16.6. The van der Waals surface area contributed by atoms with Crippen molar-refractivity contribution in [2.75, 3.05) is 13.7 Å². The first-order valence-electron chi connectivity index (χ1n) is 9.15. The molecule has 0 radical (unpaired) electrons. The number of Topliss-reactive ketones (excluding diaryl/α,β-unsaturated/α-hetero) is 1. The highest BCUT2D eigenvalue weighted by molar-refractivity contribution is 6.17. The Hall–Kier alpha value is -3.88. The summed E-state index contributed by atoms with van der Waals surface area (Å²) in [5.41, 5.74) is -4.43. The maximum atomic E-state index is 16.6. The third-order valence-corrected chi connectivity index (χ3v) is 4.57. The molecule has 0 saturated carbocycles. The summed E-state index contributed by atoms with van der Waals surface area (Å²) in [4.78, 5) is 48.5. The number of nitro benzene ring substituents is 1. The molecule has 0 aromatic heterocycles. The van der Waals surface area contributed by atoms with Crippen molar-refractivity contribution in [2.45, 2.75) is 18.5 Å². The largest absolute Gasteiger partial charge is 0.466 e. The number of halogens is 1. The van der Waals surface area contributed by atoms with E-state index in [-0.39, 0.29) is 23.4 Å². The van der Waals surface area contributed by atoms with Crippen molar-refractivity contribution in [1.82, 2.24) is 0 Å². The Balaban J connectivity index is 2.75. The molecule has 0 N–H and O–H groups in total. The van der Waals surface area contributed by atoms with Crippen LogP contribution in [0.4, 0.5) is 10.1 Å². The number of nitrogens with zero attached hydrogens (tertiary/aromatic N) is 1. The van der Waals surface area contributed by atoms with Gasteiger partial charge in [-0.2, -0.15) is 0 Å². The molecule has 2 aromatic rings. The molecule has 0 aliphatic carbocycles. The summed E-state index contributed by atoms with van der Waals surface area (Å²) < 4.78 is 26.0. The minimum Gasteiger partial charge on any atom is -0.466 e. The van der Waals surface area contributed by atoms with E-state index in [1.807, 2.05) is 0 Å². The van der Waals surface area contributed by atoms with Gasteiger partial charge in [0.05, 0.1) is 24.6 Å². The summed E-state index contributed by atoms with van der Waals surface area (Å²) in [5, 5.41) is 11.0. The zero-order valence-electron chi connectivity index (χ0n) is 16.9. The van der Waals surface area contributed by atoms with E-state index >= 15 is 4.39 Å². The molecule has 0 aliphatic heterocycles. The Morgan fingerprint density at radius 3 is 2.19 bits per heavy atom. The molecule has 0 heterocycles. The fourth-order valence-corrected chi connectivity index (χ4v) is 3.09. The van der Waals surface area contributed by atoms with Crippen LogP contribution in [-0.2, 0) is 19.1 Å². The fourth-order valence-electron chi connectivity index (χ4n) is 3.09. The van der Waals surface area contributed by atoms with Gasteiger partial charge in [0.2, 0.25) is 5.78 Å². The van der Waals surface area contributed by atoms with E-state index in [0.717, 1.165) is 31.4 Å². The molecule has 0 aliphatic rings. The number of methoxy groups -OCH3 is 1. The molecule has 8 nitrogen and oxygen atoms in total. The molecule has 2 rings (SSSR count). The summed E-state index contributed by atoms with van der Waals surface area (Å²) in [6, 6.07) is 11.6. The van der Waals surface area contributed by atoms with Gasteiger partial charge in [0.1, 0.15) is 0 Å². The quantitative estimate of drug-likeness (QED) is 0.150. The average Bonchev–Trinajstić information content (AvgIpc) is 2.78. The molecule has 0 bridgehead atoms. The summed E-state index contributed by atoms with van der Waals surface area (Å²) in [6.07, 6.45) is 0. The third-order valence-electron chi connectivity index (χ3n) is 4.57. The summed E-state index contributed by atoms with van der Waals surface area (Å²) >= 11 is 0. The first-order chi connectivity index (χ1) is 14.7. The number of carbonyl (C=O) groups excluding carboxylic acids is 3. The van der Waals surface area contributed by atoms with Gasteiger partial charge in [-0.3, -0.25) is 14.9 Å². The zero-order valence-corrected chi connectivity index (χ0v) is 16.9. The Labute approximate surface area is 177 Å². The normalized spacial score (nSPS) is 13.4. The highest BCUT2D eigenvalue weighted by atomic mass is 19.1. The van der Waals surface area contributed by atoms with E-state index in [2.05, 4.69) is 11.3 Å². The van der Waals surface area contributed by atoms with E-state index < -0.39 is 39.8 Å². The maximum Gasteiger partial charge on any atom is 0.353 e. The van der Waals surface area contributed by atoms with Crippen molar-refractivity contribution in [3.63, 3.8) is 0 Å². The van der Waals surface area contributed by atoms with Gasteiger partial charge in [0.25, 0.3) is 11.4 Å². The Bertz CT molecular complexity index is 1000. The van der Waals surface area contributed by atoms with Gasteiger partial charge >= 0.3 is 11.9 Å². The smallest absolute Gasteiger partial charge is 0.353 e. The number of non-ortho nitro benzene ring substituents is 1. The van der Waals surface area contributed by atoms with Crippen molar-refractivity contribution in [3.05, 3.63) is 88.0 Å². The van der Waals surface area contributed by atoms with Crippen LogP contribution in [-0.4, -0.2) is 42.0 Å². The summed E-state index contributed by atoms with van der Waals surface area (Å²) in [6.45, 7) is 4.74. The Morgan fingerprint density at radius 2 is 1.71 bits per heavy atom. The lowest BCUT2D eigenvalue weighted by Crippen LogP contribution is -2.50. The van der Waals surface area contributed by atoms with Crippen LogP contribution in [0.1, 0.15) is 28.8 Å². The molecule has 0 amide bonds. The van der Waals surface area contributed by atoms with Gasteiger partial charge in [0.15, 0.2) is 0 Å². The van der Waals surface area contributed by atoms with Crippen LogP contribution in [0.3, 0.4) is 0 Å². The molecule has 2 atom stereocenters. The van der Waals surface area contributed by atoms with Crippen LogP contribution in [0, 0.1) is 10.1 Å². The number of benzene rings is 2. The topological polar surface area (TPSA) is 113 Å². The molecular weight excluding hydrogens is 409 g/mol. The van der Waals surface area contributed by atoms with Gasteiger partial charge in [0, 0.05) is 23.3 Å². The molecule has 0 fully saturated rings. The second kappa shape index (κ2) is 9.75. The Morgan fingerprint density at radius 1 is 1.13 bits per heavy atom. The number of hydrogen-bond acceptors (Lipinski definition) is 7. The van der Waals surface area contributed by atoms with Crippen molar-refractivity contribution in [2.24, 2.45) is 0 Å². The van der Waals surface area contributed by atoms with Gasteiger partial charge in [-0.25, -0.2) is 14.0 Å². The predicted octanol–water partition coefficient (Wildman–Crippen LogP) is 3.56. The molecule has 162 valence electrons. The lowest BCUT2D eigenvalue weighted by molar-refractivity contribution is -0.384. The van der Waals surface area contributed by atoms with Gasteiger partial charge in [-0.05, 0) is 12.5 Å². The number of hydrogen-bond donors (Lipinski definition) is 0. The number of esters is 2. The van der Waals surface area contributed by atoms with E-state index in [9.17, 15) is 24.5 Å². The van der Waals surface area contributed by atoms with Crippen LogP contribution in [0.2, 0.25) is 0 Å². The third kappa shape index (κ3) is 4.66. The molecule has 9 heteroatoms. The van der Waals surface area contributed by atoms with Gasteiger partial charge in [-0.15, -0.1) is 0 Å². The molecule has 0 saturated heterocycles. The monoisotopic (exact) mass is 429 g/mol. The highest BCUT2D eigenvalue weighted by Crippen LogP contribution is 2.41. The van der Waals surface area contributed by atoms with Crippen LogP contribution in [0.15, 0.2) is 66.7 Å². The summed E-state index contributed by atoms with van der Waals surface area (Å²) in [5.74, 6) is -5.68. The average molecular weight is 429 g/mol. The second-order valence-corrected chi connectivity index (χ2v) is 6.43. The first-order valence-corrected chi connectivity index (χ1v) is 9.15. The standard InChI is InChI=1S/C22H20FNO7/c1-4-31-21(27)22(23,19(25)16-8-6-5-7-9-16)18(14(2)20(26)30-3)15-10-12-17(13-11-15)24(28)29/h5-13,18H,2,4H2,1,3H3. The van der Waals surface area contributed by atoms with Crippen LogP contribution < -0.4 is 0 Å². The number of carbonyl (C=O) groups is 3. The summed E-state index contributed by atoms with van der Waals surface area (Å²) in [7, 11) is 1.03. The minimum absolute atomic E-state index is 0.0687. The van der Waals surface area contributed by atoms with Gasteiger partial charge in [-0.1, -0.05) is 49.0 Å². The molecule has 2 aromatic carbocycles. The number of nitro groups is 1. The van der Waals surface area contributed by atoms with E-state index in [1.54, 1.807) is 6.07 Å². The van der Waals surface area contributed by atoms with Crippen molar-refractivity contribution in [1.29, 1.82) is 0 Å². The lowest BCUT2D eigenvalue weighted by atomic mass is 9.74. The SMILES string of the molecule is C=C(C(=O)OC)C(c1ccc([N+](=O)[O-])cc1)C(F)(C(=O)OCC)C(=O)c1ccccc1. The molecule has 0 spiro atoms. The molecule has 2 unspecified atom stereocenters. The van der Waals surface area contributed by atoms with Crippen molar-refractivity contribution >= 4 is 23.4 Å². The van der Waals surface area contributed by atoms with E-state index in [4.69, 9.17) is 4.74 Å². The highest BCUT2D eigenvalue weighted by Gasteiger charge is 2.57. The predicted molar refractivity (Wildman–Crippen MR) is 108 cm³/mol. The Kier molecular flexibility index (Phi) is 7.36. The van der Waals surface area contributed by atoms with Crippen LogP contribution >= 0.6 is 0 Å². The zero-order chi connectivity index (χ0) is 23.2.